The van der Waals surface area contributed by atoms with Gasteiger partial charge in [-0.15, -0.1) is 0 Å². The summed E-state index contributed by atoms with van der Waals surface area (Å²) in [6.45, 7) is 9.02. The largest absolute Gasteiger partial charge is 0.481 e. The van der Waals surface area contributed by atoms with E-state index in [9.17, 15) is 13.6 Å². The van der Waals surface area contributed by atoms with Gasteiger partial charge in [-0.05, 0) is 37.3 Å². The standard InChI is InChI=1S/C18H26F2N2O2/c1-12-6-13(2)9-22(8-12)10-14(3)21-18(23)11-24-17-5-4-15(19)7-16(17)20/h4-5,7,12-14H,6,8-11H2,1-3H3,(H,21,23)/t12-,13+,14-/m1/s1. The number of hydrogen-bond acceptors (Lipinski definition) is 3. The molecular formula is C18H26F2N2O2. The Bertz CT molecular complexity index is 558. The molecule has 6 heteroatoms. The zero-order chi connectivity index (χ0) is 17.7. The molecule has 1 aromatic rings. The molecule has 1 fully saturated rings. The van der Waals surface area contributed by atoms with E-state index in [0.29, 0.717) is 11.8 Å². The summed E-state index contributed by atoms with van der Waals surface area (Å²) in [7, 11) is 0. The normalized spacial score (nSPS) is 22.9. The van der Waals surface area contributed by atoms with Gasteiger partial charge in [0.15, 0.2) is 18.2 Å². The first-order valence-corrected chi connectivity index (χ1v) is 8.43. The number of nitrogens with one attached hydrogen (secondary N) is 1. The molecule has 1 saturated heterocycles. The third kappa shape index (κ3) is 5.74. The second-order valence-corrected chi connectivity index (χ2v) is 7.00. The molecule has 0 radical (unpaired) electrons. The zero-order valence-electron chi connectivity index (χ0n) is 14.5. The van der Waals surface area contributed by atoms with E-state index >= 15 is 0 Å². The highest BCUT2D eigenvalue weighted by atomic mass is 19.1. The van der Waals surface area contributed by atoms with Crippen LogP contribution in [0, 0.1) is 23.5 Å². The highest BCUT2D eigenvalue weighted by Crippen LogP contribution is 2.21. The fraction of sp³-hybridized carbons (Fsp3) is 0.611. The second-order valence-electron chi connectivity index (χ2n) is 7.00. The van der Waals surface area contributed by atoms with Crippen LogP contribution in [-0.4, -0.2) is 43.1 Å². The van der Waals surface area contributed by atoms with Gasteiger partial charge in [-0.3, -0.25) is 4.79 Å². The van der Waals surface area contributed by atoms with Crippen LogP contribution in [0.1, 0.15) is 27.2 Å². The average Bonchev–Trinajstić information content (AvgIpc) is 2.44. The Hall–Kier alpha value is -1.69. The average molecular weight is 340 g/mol. The summed E-state index contributed by atoms with van der Waals surface area (Å²) in [4.78, 5) is 14.3. The fourth-order valence-electron chi connectivity index (χ4n) is 3.43. The number of carbonyl (C=O) groups excluding carboxylic acids is 1. The van der Waals surface area contributed by atoms with Gasteiger partial charge in [0.05, 0.1) is 0 Å². The van der Waals surface area contributed by atoms with Gasteiger partial charge in [-0.2, -0.15) is 0 Å². The number of nitrogens with zero attached hydrogens (tertiary/aromatic N) is 1. The predicted molar refractivity (Wildman–Crippen MR) is 88.8 cm³/mol. The fourth-order valence-corrected chi connectivity index (χ4v) is 3.43. The minimum Gasteiger partial charge on any atom is -0.481 e. The third-order valence-electron chi connectivity index (χ3n) is 4.14. The van der Waals surface area contributed by atoms with Crippen molar-refractivity contribution >= 4 is 5.91 Å². The van der Waals surface area contributed by atoms with Crippen LogP contribution >= 0.6 is 0 Å². The van der Waals surface area contributed by atoms with E-state index in [2.05, 4.69) is 24.1 Å². The topological polar surface area (TPSA) is 41.6 Å². The first-order chi connectivity index (χ1) is 11.3. The van der Waals surface area contributed by atoms with Gasteiger partial charge in [-0.1, -0.05) is 13.8 Å². The molecule has 1 amide bonds. The van der Waals surface area contributed by atoms with Crippen LogP contribution in [0.4, 0.5) is 8.78 Å². The van der Waals surface area contributed by atoms with Crippen molar-refractivity contribution < 1.29 is 18.3 Å². The van der Waals surface area contributed by atoms with E-state index in [0.717, 1.165) is 31.8 Å². The van der Waals surface area contributed by atoms with E-state index < -0.39 is 11.6 Å². The second kappa shape index (κ2) is 8.42. The third-order valence-corrected chi connectivity index (χ3v) is 4.14. The Balaban J connectivity index is 1.75. The summed E-state index contributed by atoms with van der Waals surface area (Å²) in [6.07, 6.45) is 1.24. The van der Waals surface area contributed by atoms with Crippen LogP contribution in [0.15, 0.2) is 18.2 Å². The van der Waals surface area contributed by atoms with Crippen LogP contribution in [0.25, 0.3) is 0 Å². The Kier molecular flexibility index (Phi) is 6.54. The molecular weight excluding hydrogens is 314 g/mol. The minimum absolute atomic E-state index is 0.0170. The number of carbonyl (C=O) groups is 1. The molecule has 4 nitrogen and oxygen atoms in total. The molecule has 3 atom stereocenters. The number of likely N-dealkylation sites (tertiary alicyclic amines) is 1. The van der Waals surface area contributed by atoms with E-state index in [-0.39, 0.29) is 24.3 Å². The van der Waals surface area contributed by atoms with Crippen molar-refractivity contribution in [2.75, 3.05) is 26.2 Å². The molecule has 2 rings (SSSR count). The van der Waals surface area contributed by atoms with Gasteiger partial charge in [0.1, 0.15) is 5.82 Å². The molecule has 134 valence electrons. The summed E-state index contributed by atoms with van der Waals surface area (Å²) in [5.41, 5.74) is 0. The Morgan fingerprint density at radius 2 is 2.00 bits per heavy atom. The van der Waals surface area contributed by atoms with E-state index in [1.165, 1.54) is 12.5 Å². The van der Waals surface area contributed by atoms with E-state index in [1.54, 1.807) is 0 Å². The lowest BCUT2D eigenvalue weighted by Gasteiger charge is -2.36. The number of ether oxygens (including phenoxy) is 1. The Morgan fingerprint density at radius 3 is 2.62 bits per heavy atom. The SMILES string of the molecule is C[C@@H]1C[C@H](C)CN(C[C@@H](C)NC(=O)COc2ccc(F)cc2F)C1. The molecule has 0 spiro atoms. The quantitative estimate of drug-likeness (QED) is 0.866. The molecule has 1 aromatic carbocycles. The van der Waals surface area contributed by atoms with Crippen molar-refractivity contribution in [2.24, 2.45) is 11.8 Å². The highest BCUT2D eigenvalue weighted by molar-refractivity contribution is 5.77. The number of benzene rings is 1. The smallest absolute Gasteiger partial charge is 0.258 e. The molecule has 1 N–H and O–H groups in total. The van der Waals surface area contributed by atoms with Crippen molar-refractivity contribution in [3.8, 4) is 5.75 Å². The molecule has 24 heavy (non-hydrogen) atoms. The van der Waals surface area contributed by atoms with Gasteiger partial charge < -0.3 is 15.0 Å². The molecule has 0 bridgehead atoms. The Labute approximate surface area is 142 Å². The highest BCUT2D eigenvalue weighted by Gasteiger charge is 2.23. The molecule has 0 saturated carbocycles. The van der Waals surface area contributed by atoms with Gasteiger partial charge in [-0.25, -0.2) is 8.78 Å². The lowest BCUT2D eigenvalue weighted by molar-refractivity contribution is -0.123. The summed E-state index contributed by atoms with van der Waals surface area (Å²) in [5.74, 6) is -0.597. The van der Waals surface area contributed by atoms with E-state index in [1.807, 2.05) is 6.92 Å². The molecule has 0 unspecified atom stereocenters. The van der Waals surface area contributed by atoms with Crippen molar-refractivity contribution in [1.82, 2.24) is 10.2 Å². The van der Waals surface area contributed by atoms with Gasteiger partial charge in [0.2, 0.25) is 0 Å². The molecule has 0 aromatic heterocycles. The molecule has 1 aliphatic heterocycles. The number of rotatable bonds is 6. The maximum absolute atomic E-state index is 13.4. The maximum atomic E-state index is 13.4. The summed E-state index contributed by atoms with van der Waals surface area (Å²) in [5, 5.41) is 2.86. The predicted octanol–water partition coefficient (Wildman–Crippen LogP) is 2.83. The van der Waals surface area contributed by atoms with Gasteiger partial charge >= 0.3 is 0 Å². The van der Waals surface area contributed by atoms with Crippen molar-refractivity contribution in [3.05, 3.63) is 29.8 Å². The van der Waals surface area contributed by atoms with Crippen LogP contribution in [0.3, 0.4) is 0 Å². The van der Waals surface area contributed by atoms with Crippen molar-refractivity contribution in [3.63, 3.8) is 0 Å². The van der Waals surface area contributed by atoms with Gasteiger partial charge in [0, 0.05) is 31.7 Å². The number of halogens is 2. The monoisotopic (exact) mass is 340 g/mol. The van der Waals surface area contributed by atoms with Crippen LogP contribution in [0.2, 0.25) is 0 Å². The number of amides is 1. The summed E-state index contributed by atoms with van der Waals surface area (Å²) >= 11 is 0. The van der Waals surface area contributed by atoms with Crippen molar-refractivity contribution in [2.45, 2.75) is 33.2 Å². The number of piperidine rings is 1. The van der Waals surface area contributed by atoms with Crippen LogP contribution in [0.5, 0.6) is 5.75 Å². The molecule has 0 aliphatic carbocycles. The first-order valence-electron chi connectivity index (χ1n) is 8.43. The maximum Gasteiger partial charge on any atom is 0.258 e. The lowest BCUT2D eigenvalue weighted by atomic mass is 9.92. The number of hydrogen-bond donors (Lipinski definition) is 1. The van der Waals surface area contributed by atoms with E-state index in [4.69, 9.17) is 4.74 Å². The van der Waals surface area contributed by atoms with Crippen LogP contribution in [-0.2, 0) is 4.79 Å². The zero-order valence-corrected chi connectivity index (χ0v) is 14.5. The van der Waals surface area contributed by atoms with Gasteiger partial charge in [0.25, 0.3) is 5.91 Å². The Morgan fingerprint density at radius 1 is 1.33 bits per heavy atom. The summed E-state index contributed by atoms with van der Waals surface area (Å²) in [6, 6.07) is 2.99. The molecule has 1 aliphatic rings. The summed E-state index contributed by atoms with van der Waals surface area (Å²) < 4.78 is 31.4. The molecule has 1 heterocycles. The first kappa shape index (κ1) is 18.6. The lowest BCUT2D eigenvalue weighted by Crippen LogP contribution is -2.47. The van der Waals surface area contributed by atoms with Crippen molar-refractivity contribution in [1.29, 1.82) is 0 Å². The van der Waals surface area contributed by atoms with Crippen LogP contribution < -0.4 is 10.1 Å². The minimum atomic E-state index is -0.813.